The Kier molecular flexibility index (Phi) is 2.89. The molecular weight excluding hydrogens is 237 g/mol. The maximum absolute atomic E-state index is 11.7. The van der Waals surface area contributed by atoms with Gasteiger partial charge in [-0.3, -0.25) is 9.48 Å². The Morgan fingerprint density at radius 2 is 2.33 bits per heavy atom. The Morgan fingerprint density at radius 3 is 3.00 bits per heavy atom. The molecule has 1 aromatic heterocycles. The number of amides is 1. The molecule has 0 spiro atoms. The van der Waals surface area contributed by atoms with E-state index in [1.807, 2.05) is 4.68 Å². The Bertz CT molecular complexity index is 389. The molecule has 2 heterocycles. The van der Waals surface area contributed by atoms with Crippen molar-refractivity contribution in [2.45, 2.75) is 25.4 Å². The lowest BCUT2D eigenvalue weighted by Crippen LogP contribution is -2.41. The Hall–Kier alpha value is -0.740. The third-order valence-electron chi connectivity index (χ3n) is 2.47. The summed E-state index contributed by atoms with van der Waals surface area (Å²) in [6.07, 6.45) is 1.61. The Balaban J connectivity index is 2.18. The van der Waals surface area contributed by atoms with Crippen molar-refractivity contribution in [2.24, 2.45) is 0 Å². The number of hydrogen-bond acceptors (Lipinski definition) is 2. The van der Waals surface area contributed by atoms with E-state index >= 15 is 0 Å². The first-order valence-electron chi connectivity index (χ1n) is 4.72. The van der Waals surface area contributed by atoms with E-state index < -0.39 is 5.38 Å². The molecule has 0 N–H and O–H groups in total. The maximum Gasteiger partial charge on any atom is 0.240 e. The summed E-state index contributed by atoms with van der Waals surface area (Å²) in [5.74, 6) is -0.0554. The molecular formula is C9H11Cl2N3O. The molecule has 6 heteroatoms. The molecule has 0 fully saturated rings. The summed E-state index contributed by atoms with van der Waals surface area (Å²) in [5.41, 5.74) is 0.883. The number of aromatic nitrogens is 2. The Labute approximate surface area is 97.8 Å². The molecule has 0 aromatic carbocycles. The van der Waals surface area contributed by atoms with Crippen LogP contribution in [-0.2, 0) is 17.9 Å². The van der Waals surface area contributed by atoms with Crippen LogP contribution in [0.15, 0.2) is 6.20 Å². The first kappa shape index (κ1) is 10.8. The average Bonchev–Trinajstić information content (AvgIpc) is 2.59. The minimum absolute atomic E-state index is 0.0554. The van der Waals surface area contributed by atoms with E-state index in [9.17, 15) is 4.79 Å². The van der Waals surface area contributed by atoms with Crippen molar-refractivity contribution in [3.05, 3.63) is 16.9 Å². The zero-order valence-electron chi connectivity index (χ0n) is 8.28. The van der Waals surface area contributed by atoms with Gasteiger partial charge in [-0.25, -0.2) is 0 Å². The highest BCUT2D eigenvalue weighted by Crippen LogP contribution is 2.21. The van der Waals surface area contributed by atoms with Crippen molar-refractivity contribution in [1.82, 2.24) is 14.7 Å². The van der Waals surface area contributed by atoms with Crippen molar-refractivity contribution in [3.8, 4) is 0 Å². The number of alkyl halides is 1. The molecule has 1 amide bonds. The van der Waals surface area contributed by atoms with Crippen LogP contribution in [0.3, 0.4) is 0 Å². The van der Waals surface area contributed by atoms with Gasteiger partial charge in [-0.2, -0.15) is 5.10 Å². The molecule has 0 aliphatic carbocycles. The van der Waals surface area contributed by atoms with Crippen LogP contribution in [-0.4, -0.2) is 32.5 Å². The van der Waals surface area contributed by atoms with Crippen LogP contribution in [0.5, 0.6) is 0 Å². The van der Waals surface area contributed by atoms with Crippen LogP contribution >= 0.6 is 23.2 Å². The lowest BCUT2D eigenvalue weighted by molar-refractivity contribution is -0.132. The first-order valence-corrected chi connectivity index (χ1v) is 5.54. The van der Waals surface area contributed by atoms with Gasteiger partial charge in [0, 0.05) is 6.54 Å². The van der Waals surface area contributed by atoms with E-state index in [1.54, 1.807) is 18.0 Å². The minimum atomic E-state index is -0.488. The molecule has 4 nitrogen and oxygen atoms in total. The first-order chi connectivity index (χ1) is 7.09. The fourth-order valence-electron chi connectivity index (χ4n) is 1.65. The third-order valence-corrected chi connectivity index (χ3v) is 2.97. The van der Waals surface area contributed by atoms with Crippen LogP contribution in [0.25, 0.3) is 0 Å². The zero-order chi connectivity index (χ0) is 11.0. The Morgan fingerprint density at radius 1 is 1.60 bits per heavy atom. The summed E-state index contributed by atoms with van der Waals surface area (Å²) < 4.78 is 1.82. The molecule has 0 bridgehead atoms. The van der Waals surface area contributed by atoms with Gasteiger partial charge < -0.3 is 4.90 Å². The number of hydrogen-bond donors (Lipinski definition) is 0. The molecule has 82 valence electrons. The van der Waals surface area contributed by atoms with Gasteiger partial charge in [0.15, 0.2) is 0 Å². The monoisotopic (exact) mass is 247 g/mol. The SMILES string of the molecule is CC(Cl)C(=O)N1CCn2ncc(Cl)c2C1. The standard InChI is InChI=1S/C9H11Cl2N3O/c1-6(10)9(15)13-2-3-14-8(5-13)7(11)4-12-14/h4,6H,2-3,5H2,1H3. The highest BCUT2D eigenvalue weighted by Gasteiger charge is 2.25. The van der Waals surface area contributed by atoms with E-state index in [-0.39, 0.29) is 5.91 Å². The number of nitrogens with zero attached hydrogens (tertiary/aromatic N) is 3. The summed E-state index contributed by atoms with van der Waals surface area (Å²) in [6.45, 7) is 3.49. The topological polar surface area (TPSA) is 38.1 Å². The zero-order valence-corrected chi connectivity index (χ0v) is 9.79. The van der Waals surface area contributed by atoms with E-state index in [2.05, 4.69) is 5.10 Å². The van der Waals surface area contributed by atoms with E-state index in [4.69, 9.17) is 23.2 Å². The quantitative estimate of drug-likeness (QED) is 0.706. The van der Waals surface area contributed by atoms with Crippen LogP contribution in [0.2, 0.25) is 5.02 Å². The van der Waals surface area contributed by atoms with Gasteiger partial charge >= 0.3 is 0 Å². The van der Waals surface area contributed by atoms with Gasteiger partial charge in [-0.1, -0.05) is 11.6 Å². The molecule has 0 saturated heterocycles. The van der Waals surface area contributed by atoms with Gasteiger partial charge in [-0.15, -0.1) is 11.6 Å². The summed E-state index contributed by atoms with van der Waals surface area (Å²) in [4.78, 5) is 13.4. The second-order valence-corrected chi connectivity index (χ2v) is 4.60. The molecule has 1 atom stereocenters. The smallest absolute Gasteiger partial charge is 0.240 e. The van der Waals surface area contributed by atoms with Gasteiger partial charge in [0.25, 0.3) is 0 Å². The van der Waals surface area contributed by atoms with Gasteiger partial charge in [0.1, 0.15) is 5.38 Å². The molecule has 0 radical (unpaired) electrons. The number of carbonyl (C=O) groups is 1. The normalized spacial score (nSPS) is 17.4. The average molecular weight is 248 g/mol. The predicted octanol–water partition coefficient (Wildman–Crippen LogP) is 1.51. The van der Waals surface area contributed by atoms with Gasteiger partial charge in [-0.05, 0) is 6.92 Å². The predicted molar refractivity (Wildman–Crippen MR) is 58.0 cm³/mol. The number of carbonyl (C=O) groups excluding carboxylic acids is 1. The van der Waals surface area contributed by atoms with Crippen LogP contribution in [0.4, 0.5) is 0 Å². The van der Waals surface area contributed by atoms with E-state index in [0.29, 0.717) is 24.7 Å². The molecule has 1 unspecified atom stereocenters. The summed E-state index contributed by atoms with van der Waals surface area (Å²) >= 11 is 11.7. The van der Waals surface area contributed by atoms with Crippen molar-refractivity contribution in [2.75, 3.05) is 6.54 Å². The van der Waals surface area contributed by atoms with Crippen molar-refractivity contribution in [1.29, 1.82) is 0 Å². The lowest BCUT2D eigenvalue weighted by Gasteiger charge is -2.28. The van der Waals surface area contributed by atoms with Crippen LogP contribution < -0.4 is 0 Å². The van der Waals surface area contributed by atoms with Crippen LogP contribution in [0, 0.1) is 0 Å². The maximum atomic E-state index is 11.7. The van der Waals surface area contributed by atoms with Gasteiger partial charge in [0.05, 0.1) is 30.0 Å². The van der Waals surface area contributed by atoms with Crippen molar-refractivity contribution in [3.63, 3.8) is 0 Å². The molecule has 15 heavy (non-hydrogen) atoms. The lowest BCUT2D eigenvalue weighted by atomic mass is 10.2. The highest BCUT2D eigenvalue weighted by atomic mass is 35.5. The molecule has 1 aliphatic heterocycles. The summed E-state index contributed by atoms with van der Waals surface area (Å²) in [6, 6.07) is 0. The largest absolute Gasteiger partial charge is 0.334 e. The molecule has 1 aromatic rings. The van der Waals surface area contributed by atoms with E-state index in [0.717, 1.165) is 5.69 Å². The van der Waals surface area contributed by atoms with Crippen molar-refractivity contribution >= 4 is 29.1 Å². The third kappa shape index (κ3) is 1.96. The fourth-order valence-corrected chi connectivity index (χ4v) is 1.99. The fraction of sp³-hybridized carbons (Fsp3) is 0.556. The minimum Gasteiger partial charge on any atom is -0.334 e. The molecule has 2 rings (SSSR count). The molecule has 1 aliphatic rings. The second-order valence-electron chi connectivity index (χ2n) is 3.54. The highest BCUT2D eigenvalue weighted by molar-refractivity contribution is 6.31. The summed E-state index contributed by atoms with van der Waals surface area (Å²) in [5, 5.41) is 4.23. The number of halogens is 2. The molecule has 0 saturated carbocycles. The number of fused-ring (bicyclic) bond motifs is 1. The van der Waals surface area contributed by atoms with E-state index in [1.165, 1.54) is 0 Å². The second kappa shape index (κ2) is 4.02. The number of rotatable bonds is 1. The summed E-state index contributed by atoms with van der Waals surface area (Å²) in [7, 11) is 0. The van der Waals surface area contributed by atoms with Crippen molar-refractivity contribution < 1.29 is 4.79 Å². The van der Waals surface area contributed by atoms with Gasteiger partial charge in [0.2, 0.25) is 5.91 Å². The van der Waals surface area contributed by atoms with Crippen LogP contribution in [0.1, 0.15) is 12.6 Å².